The lowest BCUT2D eigenvalue weighted by Crippen LogP contribution is -2.53. The first-order valence-electron chi connectivity index (χ1n) is 8.29. The number of aryl methyl sites for hydroxylation is 1. The highest BCUT2D eigenvalue weighted by molar-refractivity contribution is 7.07. The van der Waals surface area contributed by atoms with Crippen LogP contribution < -0.4 is 0 Å². The molecular formula is C18H21N3OS. The van der Waals surface area contributed by atoms with Gasteiger partial charge in [-0.1, -0.05) is 24.3 Å². The zero-order valence-electron chi connectivity index (χ0n) is 13.1. The van der Waals surface area contributed by atoms with Gasteiger partial charge in [0.15, 0.2) is 0 Å². The van der Waals surface area contributed by atoms with Crippen molar-refractivity contribution in [1.82, 2.24) is 14.8 Å². The predicted octanol–water partition coefficient (Wildman–Crippen LogP) is 2.46. The Labute approximate surface area is 140 Å². The Balaban J connectivity index is 1.36. The molecule has 2 aromatic rings. The molecule has 0 spiro atoms. The van der Waals surface area contributed by atoms with E-state index in [-0.39, 0.29) is 5.91 Å². The van der Waals surface area contributed by atoms with E-state index in [2.05, 4.69) is 34.1 Å². The van der Waals surface area contributed by atoms with Gasteiger partial charge in [0.1, 0.15) is 5.69 Å². The molecule has 1 amide bonds. The van der Waals surface area contributed by atoms with Crippen molar-refractivity contribution in [2.24, 2.45) is 0 Å². The standard InChI is InChI=1S/C18H21N3OS/c22-18(17-12-23-13-19-17)21-9-7-20(8-10-21)16-6-5-14-3-1-2-4-15(14)11-16/h1-4,12-13,16H,5-11H2/t16-/m1/s1. The number of amides is 1. The van der Waals surface area contributed by atoms with Crippen LogP contribution in [0, 0.1) is 0 Å². The highest BCUT2D eigenvalue weighted by Crippen LogP contribution is 2.25. The second-order valence-corrected chi connectivity index (χ2v) is 7.09. The summed E-state index contributed by atoms with van der Waals surface area (Å²) in [5.74, 6) is 0.0832. The van der Waals surface area contributed by atoms with Gasteiger partial charge >= 0.3 is 0 Å². The summed E-state index contributed by atoms with van der Waals surface area (Å²) in [5, 5.41) is 1.84. The zero-order chi connectivity index (χ0) is 15.6. The summed E-state index contributed by atoms with van der Waals surface area (Å²) in [5.41, 5.74) is 5.34. The van der Waals surface area contributed by atoms with E-state index in [0.717, 1.165) is 32.6 Å². The average Bonchev–Trinajstić information content (AvgIpc) is 3.15. The molecule has 1 aromatic heterocycles. The fraction of sp³-hybridized carbons (Fsp3) is 0.444. The molecule has 1 fully saturated rings. The molecule has 0 bridgehead atoms. The topological polar surface area (TPSA) is 36.4 Å². The van der Waals surface area contributed by atoms with Crippen LogP contribution in [0.4, 0.5) is 0 Å². The lowest BCUT2D eigenvalue weighted by atomic mass is 9.87. The van der Waals surface area contributed by atoms with E-state index >= 15 is 0 Å². The second-order valence-electron chi connectivity index (χ2n) is 6.37. The fourth-order valence-corrected chi connectivity index (χ4v) is 4.29. The number of hydrogen-bond donors (Lipinski definition) is 0. The van der Waals surface area contributed by atoms with Crippen LogP contribution in [0.5, 0.6) is 0 Å². The first-order valence-corrected chi connectivity index (χ1v) is 9.24. The molecule has 0 N–H and O–H groups in total. The van der Waals surface area contributed by atoms with Crippen molar-refractivity contribution in [2.45, 2.75) is 25.3 Å². The number of aromatic nitrogens is 1. The lowest BCUT2D eigenvalue weighted by Gasteiger charge is -2.41. The monoisotopic (exact) mass is 327 g/mol. The van der Waals surface area contributed by atoms with Crippen molar-refractivity contribution < 1.29 is 4.79 Å². The van der Waals surface area contributed by atoms with Crippen LogP contribution in [-0.2, 0) is 12.8 Å². The maximum Gasteiger partial charge on any atom is 0.273 e. The maximum atomic E-state index is 12.4. The molecule has 0 radical (unpaired) electrons. The van der Waals surface area contributed by atoms with Crippen molar-refractivity contribution in [1.29, 1.82) is 0 Å². The molecule has 1 aromatic carbocycles. The number of benzene rings is 1. The summed E-state index contributed by atoms with van der Waals surface area (Å²) in [6.45, 7) is 3.58. The zero-order valence-corrected chi connectivity index (χ0v) is 14.0. The molecule has 1 aliphatic carbocycles. The third-order valence-electron chi connectivity index (χ3n) is 5.09. The minimum Gasteiger partial charge on any atom is -0.335 e. The van der Waals surface area contributed by atoms with E-state index < -0.39 is 0 Å². The third kappa shape index (κ3) is 3.03. The highest BCUT2D eigenvalue weighted by Gasteiger charge is 2.29. The number of piperazine rings is 1. The second kappa shape index (κ2) is 6.42. The molecule has 0 unspecified atom stereocenters. The lowest BCUT2D eigenvalue weighted by molar-refractivity contribution is 0.0548. The van der Waals surface area contributed by atoms with Gasteiger partial charge in [-0.15, -0.1) is 11.3 Å². The Morgan fingerprint density at radius 3 is 2.65 bits per heavy atom. The Hall–Kier alpha value is -1.72. The minimum atomic E-state index is 0.0832. The smallest absolute Gasteiger partial charge is 0.273 e. The van der Waals surface area contributed by atoms with E-state index in [0.29, 0.717) is 11.7 Å². The van der Waals surface area contributed by atoms with Crippen LogP contribution in [0.2, 0.25) is 0 Å². The van der Waals surface area contributed by atoms with Gasteiger partial charge in [-0.25, -0.2) is 4.98 Å². The van der Waals surface area contributed by atoms with Crippen molar-refractivity contribution in [2.75, 3.05) is 26.2 Å². The summed E-state index contributed by atoms with van der Waals surface area (Å²) in [6, 6.07) is 9.44. The van der Waals surface area contributed by atoms with E-state index in [4.69, 9.17) is 0 Å². The Morgan fingerprint density at radius 1 is 1.13 bits per heavy atom. The van der Waals surface area contributed by atoms with Gasteiger partial charge in [-0.3, -0.25) is 9.69 Å². The molecule has 5 heteroatoms. The minimum absolute atomic E-state index is 0.0832. The Morgan fingerprint density at radius 2 is 1.91 bits per heavy atom. The molecule has 4 nitrogen and oxygen atoms in total. The molecule has 2 heterocycles. The molecule has 1 saturated heterocycles. The van der Waals surface area contributed by atoms with Crippen LogP contribution >= 0.6 is 11.3 Å². The summed E-state index contributed by atoms with van der Waals surface area (Å²) in [6.07, 6.45) is 3.56. The number of hydrogen-bond acceptors (Lipinski definition) is 4. The van der Waals surface area contributed by atoms with Crippen molar-refractivity contribution in [3.8, 4) is 0 Å². The van der Waals surface area contributed by atoms with Crippen molar-refractivity contribution in [3.05, 3.63) is 52.0 Å². The molecule has 0 saturated carbocycles. The first kappa shape index (κ1) is 14.8. The average molecular weight is 327 g/mol. The number of nitrogens with zero attached hydrogens (tertiary/aromatic N) is 3. The number of carbonyl (C=O) groups excluding carboxylic acids is 1. The molecule has 2 aliphatic rings. The van der Waals surface area contributed by atoms with Crippen molar-refractivity contribution in [3.63, 3.8) is 0 Å². The molecule has 1 aliphatic heterocycles. The van der Waals surface area contributed by atoms with E-state index in [1.807, 2.05) is 10.3 Å². The molecule has 23 heavy (non-hydrogen) atoms. The quantitative estimate of drug-likeness (QED) is 0.850. The summed E-state index contributed by atoms with van der Waals surface area (Å²) >= 11 is 1.48. The molecule has 1 atom stereocenters. The van der Waals surface area contributed by atoms with Gasteiger partial charge < -0.3 is 4.90 Å². The van der Waals surface area contributed by atoms with Gasteiger partial charge in [0.2, 0.25) is 0 Å². The van der Waals surface area contributed by atoms with Crippen molar-refractivity contribution >= 4 is 17.2 Å². The number of carbonyl (C=O) groups is 1. The molecule has 4 rings (SSSR count). The highest BCUT2D eigenvalue weighted by atomic mass is 32.1. The first-order chi connectivity index (χ1) is 11.3. The Kier molecular flexibility index (Phi) is 4.14. The van der Waals surface area contributed by atoms with Gasteiger partial charge in [0, 0.05) is 37.6 Å². The van der Waals surface area contributed by atoms with Crippen LogP contribution in [-0.4, -0.2) is 52.9 Å². The van der Waals surface area contributed by atoms with Crippen LogP contribution in [0.15, 0.2) is 35.2 Å². The van der Waals surface area contributed by atoms with Crippen LogP contribution in [0.3, 0.4) is 0 Å². The SMILES string of the molecule is O=C(c1cscn1)N1CCN([C@@H]2CCc3ccccc3C2)CC1. The van der Waals surface area contributed by atoms with E-state index in [9.17, 15) is 4.79 Å². The number of rotatable bonds is 2. The normalized spacial score (nSPS) is 21.9. The van der Waals surface area contributed by atoms with Gasteiger partial charge in [-0.05, 0) is 30.4 Å². The maximum absolute atomic E-state index is 12.4. The fourth-order valence-electron chi connectivity index (χ4n) is 3.76. The van der Waals surface area contributed by atoms with Gasteiger partial charge in [0.25, 0.3) is 5.91 Å². The van der Waals surface area contributed by atoms with Crippen LogP contribution in [0.25, 0.3) is 0 Å². The van der Waals surface area contributed by atoms with E-state index in [1.165, 1.54) is 35.3 Å². The Bertz CT molecular complexity index is 677. The number of thiazole rings is 1. The summed E-state index contributed by atoms with van der Waals surface area (Å²) in [7, 11) is 0. The van der Waals surface area contributed by atoms with Crippen LogP contribution in [0.1, 0.15) is 28.0 Å². The summed E-state index contributed by atoms with van der Waals surface area (Å²) in [4.78, 5) is 21.0. The number of fused-ring (bicyclic) bond motifs is 1. The third-order valence-corrected chi connectivity index (χ3v) is 5.68. The van der Waals surface area contributed by atoms with Gasteiger partial charge in [0.05, 0.1) is 5.51 Å². The largest absolute Gasteiger partial charge is 0.335 e. The van der Waals surface area contributed by atoms with Gasteiger partial charge in [-0.2, -0.15) is 0 Å². The predicted molar refractivity (Wildman–Crippen MR) is 91.8 cm³/mol. The molecular weight excluding hydrogens is 306 g/mol. The summed E-state index contributed by atoms with van der Waals surface area (Å²) < 4.78 is 0. The molecule has 120 valence electrons. The van der Waals surface area contributed by atoms with E-state index in [1.54, 1.807) is 5.51 Å².